The van der Waals surface area contributed by atoms with Crippen LogP contribution in [0, 0.1) is 26.7 Å². The molecule has 5 heteroatoms. The maximum absolute atomic E-state index is 6.13. The first-order valence-corrected chi connectivity index (χ1v) is 15.1. The van der Waals surface area contributed by atoms with E-state index in [4.69, 9.17) is 9.05 Å². The molecule has 4 aromatic rings. The molecule has 2 unspecified atom stereocenters. The van der Waals surface area contributed by atoms with Crippen molar-refractivity contribution in [3.8, 4) is 11.5 Å². The minimum absolute atomic E-state index is 0. The molecule has 194 valence electrons. The Morgan fingerprint density at radius 2 is 1.05 bits per heavy atom. The summed E-state index contributed by atoms with van der Waals surface area (Å²) in [6.45, 7) is 4.26. The van der Waals surface area contributed by atoms with Gasteiger partial charge in [-0.25, -0.2) is 0 Å². The largest absolute Gasteiger partial charge is 2.00 e. The Morgan fingerprint density at radius 3 is 1.46 bits per heavy atom. The van der Waals surface area contributed by atoms with E-state index in [-0.39, 0.29) is 17.1 Å². The second-order valence-corrected chi connectivity index (χ2v) is 12.2. The zero-order chi connectivity index (χ0) is 24.7. The topological polar surface area (TPSA) is 18.5 Å². The zero-order valence-corrected chi connectivity index (χ0v) is 24.8. The number of aryl methyl sites for hydroxylation is 2. The molecule has 2 saturated carbocycles. The van der Waals surface area contributed by atoms with Crippen LogP contribution >= 0.6 is 17.6 Å². The van der Waals surface area contributed by atoms with Crippen LogP contribution in [0.3, 0.4) is 0 Å². The van der Waals surface area contributed by atoms with Crippen LogP contribution in [-0.4, -0.2) is 11.3 Å². The van der Waals surface area contributed by atoms with Crippen LogP contribution in [0.2, 0.25) is 0 Å². The summed E-state index contributed by atoms with van der Waals surface area (Å²) in [4.78, 5) is 0. The predicted molar refractivity (Wildman–Crippen MR) is 159 cm³/mol. The third-order valence-corrected chi connectivity index (χ3v) is 9.42. The molecule has 2 aliphatic carbocycles. The second kappa shape index (κ2) is 14.0. The Morgan fingerprint density at radius 1 is 0.622 bits per heavy atom. The molecule has 0 bridgehead atoms. The van der Waals surface area contributed by atoms with E-state index >= 15 is 0 Å². The smallest absolute Gasteiger partial charge is 0.479 e. The Hall–Kier alpha value is -1.62. The molecule has 6 rings (SSSR count). The third kappa shape index (κ3) is 7.28. The van der Waals surface area contributed by atoms with E-state index in [1.54, 1.807) is 0 Å². The summed E-state index contributed by atoms with van der Waals surface area (Å²) in [5.74, 6) is 2.15. The zero-order valence-electron chi connectivity index (χ0n) is 21.7. The van der Waals surface area contributed by atoms with Crippen LogP contribution < -0.4 is 9.05 Å². The van der Waals surface area contributed by atoms with E-state index < -0.39 is 0 Å². The van der Waals surface area contributed by atoms with Crippen LogP contribution in [0.4, 0.5) is 0 Å². The SMILES string of the molecule is Cc1ccc2ccccc2c1OP[C@@H]1[CH-]CCC1.Cc1ccc2ccccc2c1OP[C@H]1[CH-]CCC1.[Fe+2]. The van der Waals surface area contributed by atoms with Gasteiger partial charge < -0.3 is 21.9 Å². The summed E-state index contributed by atoms with van der Waals surface area (Å²) in [7, 11) is 1.13. The molecular formula is C32H36FeO2P2. The molecule has 2 fully saturated rings. The Balaban J connectivity index is 0.000000168. The quantitative estimate of drug-likeness (QED) is 0.131. The van der Waals surface area contributed by atoms with E-state index in [1.807, 2.05) is 0 Å². The van der Waals surface area contributed by atoms with Gasteiger partial charge in [0.1, 0.15) is 11.5 Å². The maximum Gasteiger partial charge on any atom is 2.00 e. The van der Waals surface area contributed by atoms with Crippen molar-refractivity contribution in [3.63, 3.8) is 0 Å². The molecular weight excluding hydrogens is 534 g/mol. The number of benzene rings is 4. The number of fused-ring (bicyclic) bond motifs is 2. The summed E-state index contributed by atoms with van der Waals surface area (Å²) in [6.07, 6.45) is 12.6. The standard InChI is InChI=1S/2C16H18OP.Fe/c2*1-12-10-11-13-6-2-5-9-15(13)16(12)17-18-14-7-3-4-8-14;/h2*2,5-7,9-11,14,18H,3-4,8H2,1H3;/q2*-1;+2/t2*14-;/m10./s1. The Labute approximate surface area is 236 Å². The molecule has 0 radical (unpaired) electrons. The van der Waals surface area contributed by atoms with Gasteiger partial charge in [0.25, 0.3) is 0 Å². The number of hydrogen-bond acceptors (Lipinski definition) is 2. The van der Waals surface area contributed by atoms with Crippen LogP contribution in [0.25, 0.3) is 21.5 Å². The predicted octanol–water partition coefficient (Wildman–Crippen LogP) is 9.75. The third-order valence-electron chi connectivity index (χ3n) is 7.12. The minimum atomic E-state index is 0. The second-order valence-electron chi connectivity index (χ2n) is 9.85. The molecule has 4 atom stereocenters. The van der Waals surface area contributed by atoms with Crippen LogP contribution in [0.15, 0.2) is 72.8 Å². The van der Waals surface area contributed by atoms with Crippen molar-refractivity contribution in [2.75, 3.05) is 0 Å². The molecule has 0 saturated heterocycles. The van der Waals surface area contributed by atoms with E-state index in [9.17, 15) is 0 Å². The van der Waals surface area contributed by atoms with Crippen molar-refractivity contribution in [3.05, 3.63) is 96.8 Å². The molecule has 2 aliphatic rings. The van der Waals surface area contributed by atoms with Crippen molar-refractivity contribution in [1.29, 1.82) is 0 Å². The van der Waals surface area contributed by atoms with E-state index in [2.05, 4.69) is 99.5 Å². The van der Waals surface area contributed by atoms with Crippen molar-refractivity contribution in [1.82, 2.24) is 0 Å². The molecule has 4 aromatic carbocycles. The van der Waals surface area contributed by atoms with Crippen LogP contribution in [0.5, 0.6) is 11.5 Å². The van der Waals surface area contributed by atoms with E-state index in [0.29, 0.717) is 28.9 Å². The van der Waals surface area contributed by atoms with Crippen molar-refractivity contribution in [2.45, 2.75) is 63.7 Å². The van der Waals surface area contributed by atoms with Gasteiger partial charge in [0.05, 0.1) is 0 Å². The maximum atomic E-state index is 6.13. The van der Waals surface area contributed by atoms with Crippen LogP contribution in [0.1, 0.15) is 49.7 Å². The summed E-state index contributed by atoms with van der Waals surface area (Å²) >= 11 is 0. The molecule has 0 amide bonds. The average molecular weight is 570 g/mol. The molecule has 2 nitrogen and oxygen atoms in total. The summed E-state index contributed by atoms with van der Waals surface area (Å²) < 4.78 is 12.3. The molecule has 0 heterocycles. The minimum Gasteiger partial charge on any atom is -0.479 e. The Kier molecular flexibility index (Phi) is 10.7. The van der Waals surface area contributed by atoms with Gasteiger partial charge in [-0.05, 0) is 35.7 Å². The molecule has 0 spiro atoms. The van der Waals surface area contributed by atoms with Gasteiger partial charge in [-0.3, -0.25) is 0 Å². The fraction of sp³-hybridized carbons (Fsp3) is 0.312. The molecule has 0 aliphatic heterocycles. The van der Waals surface area contributed by atoms with E-state index in [0.717, 1.165) is 11.5 Å². The van der Waals surface area contributed by atoms with E-state index in [1.165, 1.54) is 71.2 Å². The number of rotatable bonds is 6. The van der Waals surface area contributed by atoms with Gasteiger partial charge in [0, 0.05) is 28.4 Å². The normalized spacial score (nSPS) is 19.4. The monoisotopic (exact) mass is 570 g/mol. The van der Waals surface area contributed by atoms with Gasteiger partial charge in [-0.2, -0.15) is 12.8 Å². The van der Waals surface area contributed by atoms with Gasteiger partial charge >= 0.3 is 17.1 Å². The fourth-order valence-corrected chi connectivity index (χ4v) is 7.26. The summed E-state index contributed by atoms with van der Waals surface area (Å²) in [5, 5.41) is 5.00. The first kappa shape index (κ1) is 28.4. The molecule has 37 heavy (non-hydrogen) atoms. The van der Waals surface area contributed by atoms with Gasteiger partial charge in [-0.15, -0.1) is 11.3 Å². The fourth-order valence-electron chi connectivity index (χ4n) is 5.01. The van der Waals surface area contributed by atoms with Crippen molar-refractivity contribution in [2.24, 2.45) is 0 Å². The number of hydrogen-bond donors (Lipinski definition) is 0. The van der Waals surface area contributed by atoms with Crippen molar-refractivity contribution >= 4 is 39.2 Å². The molecule has 0 aromatic heterocycles. The van der Waals surface area contributed by atoms with Crippen molar-refractivity contribution < 1.29 is 26.1 Å². The summed E-state index contributed by atoms with van der Waals surface area (Å²) in [5.41, 5.74) is 3.81. The van der Waals surface area contributed by atoms with Gasteiger partial charge in [0.2, 0.25) is 0 Å². The average Bonchev–Trinajstić information content (AvgIpc) is 3.63. The van der Waals surface area contributed by atoms with Crippen LogP contribution in [-0.2, 0) is 17.1 Å². The first-order chi connectivity index (χ1) is 17.7. The first-order valence-electron chi connectivity index (χ1n) is 13.2. The van der Waals surface area contributed by atoms with Gasteiger partial charge in [0.15, 0.2) is 0 Å². The Bertz CT molecular complexity index is 1200. The summed E-state index contributed by atoms with van der Waals surface area (Å²) in [6, 6.07) is 25.6. The van der Waals surface area contributed by atoms with Gasteiger partial charge in [-0.1, -0.05) is 98.5 Å². The molecule has 0 N–H and O–H groups in total.